The first-order valence-electron chi connectivity index (χ1n) is 8.50. The van der Waals surface area contributed by atoms with Crippen LogP contribution in [0, 0.1) is 0 Å². The van der Waals surface area contributed by atoms with Crippen LogP contribution in [0.3, 0.4) is 0 Å². The van der Waals surface area contributed by atoms with Crippen molar-refractivity contribution in [2.75, 3.05) is 21.2 Å². The van der Waals surface area contributed by atoms with E-state index in [1.54, 1.807) is 25.3 Å². The predicted octanol–water partition coefficient (Wildman–Crippen LogP) is 3.28. The van der Waals surface area contributed by atoms with Crippen molar-refractivity contribution < 1.29 is 14.3 Å². The molecule has 1 aliphatic rings. The van der Waals surface area contributed by atoms with Crippen LogP contribution in [0.1, 0.15) is 16.5 Å². The molecule has 1 fully saturated rings. The van der Waals surface area contributed by atoms with Crippen LogP contribution in [0.15, 0.2) is 66.4 Å². The van der Waals surface area contributed by atoms with Crippen LogP contribution in [0.25, 0.3) is 6.08 Å². The van der Waals surface area contributed by atoms with Gasteiger partial charge in [-0.05, 0) is 17.2 Å². The molecular formula is C21H21ClN2O3. The Balaban J connectivity index is 2.06. The predicted molar refractivity (Wildman–Crippen MR) is 105 cm³/mol. The van der Waals surface area contributed by atoms with Crippen LogP contribution >= 0.6 is 11.6 Å². The summed E-state index contributed by atoms with van der Waals surface area (Å²) in [6, 6.07) is 18.5. The summed E-state index contributed by atoms with van der Waals surface area (Å²) in [5.41, 5.74) is 0.142. The van der Waals surface area contributed by atoms with Crippen molar-refractivity contribution in [3.8, 4) is 0 Å². The fourth-order valence-corrected chi connectivity index (χ4v) is 3.75. The van der Waals surface area contributed by atoms with Crippen molar-refractivity contribution in [3.63, 3.8) is 0 Å². The maximum absolute atomic E-state index is 13.3. The van der Waals surface area contributed by atoms with E-state index in [-0.39, 0.29) is 11.6 Å². The standard InChI is InChI=1S/C21H21ClN2O3/c1-23-17(14-15-10-6-4-7-11-15)19(25)24(2)21(27-3,20(23)26)18(22)16-12-8-5-9-13-16/h4-14,18H,1-3H3/b17-14-/t18-,21-/m0/s1. The summed E-state index contributed by atoms with van der Waals surface area (Å²) in [5.74, 6) is -0.748. The molecule has 1 aliphatic heterocycles. The second kappa shape index (κ2) is 7.55. The van der Waals surface area contributed by atoms with Crippen LogP contribution < -0.4 is 0 Å². The molecule has 0 saturated carbocycles. The molecule has 3 rings (SSSR count). The zero-order valence-electron chi connectivity index (χ0n) is 15.4. The van der Waals surface area contributed by atoms with E-state index in [0.717, 1.165) is 5.56 Å². The van der Waals surface area contributed by atoms with Crippen molar-refractivity contribution in [2.45, 2.75) is 11.1 Å². The highest BCUT2D eigenvalue weighted by atomic mass is 35.5. The number of alkyl halides is 1. The van der Waals surface area contributed by atoms with Gasteiger partial charge in [0.15, 0.2) is 0 Å². The summed E-state index contributed by atoms with van der Waals surface area (Å²) in [6.07, 6.45) is 1.68. The van der Waals surface area contributed by atoms with Gasteiger partial charge in [-0.25, -0.2) is 0 Å². The second-order valence-electron chi connectivity index (χ2n) is 6.34. The molecule has 140 valence electrons. The number of benzene rings is 2. The molecule has 5 nitrogen and oxygen atoms in total. The van der Waals surface area contributed by atoms with Gasteiger partial charge in [-0.15, -0.1) is 11.6 Å². The lowest BCUT2D eigenvalue weighted by Crippen LogP contribution is -2.67. The quantitative estimate of drug-likeness (QED) is 0.600. The number of rotatable bonds is 4. The normalized spacial score (nSPS) is 23.0. The number of hydrogen-bond acceptors (Lipinski definition) is 3. The summed E-state index contributed by atoms with van der Waals surface area (Å²) in [7, 11) is 4.48. The zero-order chi connectivity index (χ0) is 19.6. The lowest BCUT2D eigenvalue weighted by molar-refractivity contribution is -0.191. The van der Waals surface area contributed by atoms with E-state index in [4.69, 9.17) is 16.3 Å². The Hall–Kier alpha value is -2.63. The number of halogens is 1. The molecule has 2 amide bonds. The largest absolute Gasteiger partial charge is 0.349 e. The van der Waals surface area contributed by atoms with Gasteiger partial charge in [-0.3, -0.25) is 9.59 Å². The Morgan fingerprint density at radius 3 is 2.11 bits per heavy atom. The number of nitrogens with zero attached hydrogens (tertiary/aromatic N) is 2. The highest BCUT2D eigenvalue weighted by Crippen LogP contribution is 2.42. The molecule has 27 heavy (non-hydrogen) atoms. The van der Waals surface area contributed by atoms with E-state index in [2.05, 4.69) is 0 Å². The number of likely N-dealkylation sites (N-methyl/N-ethyl adjacent to an activating group) is 2. The second-order valence-corrected chi connectivity index (χ2v) is 6.78. The van der Waals surface area contributed by atoms with Crippen molar-refractivity contribution in [3.05, 3.63) is 77.5 Å². The molecule has 2 aromatic rings. The van der Waals surface area contributed by atoms with Crippen LogP contribution in [0.2, 0.25) is 0 Å². The maximum Gasteiger partial charge on any atom is 0.282 e. The van der Waals surface area contributed by atoms with E-state index < -0.39 is 17.0 Å². The lowest BCUT2D eigenvalue weighted by Gasteiger charge is -2.48. The van der Waals surface area contributed by atoms with Crippen LogP contribution in [0.5, 0.6) is 0 Å². The molecule has 0 N–H and O–H groups in total. The zero-order valence-corrected chi connectivity index (χ0v) is 16.2. The van der Waals surface area contributed by atoms with Crippen LogP contribution in [0.4, 0.5) is 0 Å². The summed E-state index contributed by atoms with van der Waals surface area (Å²) in [4.78, 5) is 29.1. The highest BCUT2D eigenvalue weighted by Gasteiger charge is 2.57. The van der Waals surface area contributed by atoms with Crippen LogP contribution in [-0.2, 0) is 14.3 Å². The Kier molecular flexibility index (Phi) is 5.35. The van der Waals surface area contributed by atoms with Gasteiger partial charge in [0.05, 0.1) is 0 Å². The van der Waals surface area contributed by atoms with Gasteiger partial charge >= 0.3 is 0 Å². The molecule has 0 aromatic heterocycles. The smallest absolute Gasteiger partial charge is 0.282 e. The summed E-state index contributed by atoms with van der Waals surface area (Å²) in [6.45, 7) is 0. The molecule has 1 saturated heterocycles. The third kappa shape index (κ3) is 3.13. The number of ether oxygens (including phenoxy) is 1. The number of carbonyl (C=O) groups excluding carboxylic acids is 2. The van der Waals surface area contributed by atoms with Gasteiger partial charge in [0, 0.05) is 21.2 Å². The molecule has 2 atom stereocenters. The highest BCUT2D eigenvalue weighted by molar-refractivity contribution is 6.24. The van der Waals surface area contributed by atoms with Crippen molar-refractivity contribution in [2.24, 2.45) is 0 Å². The minimum absolute atomic E-state index is 0.262. The van der Waals surface area contributed by atoms with E-state index in [1.807, 2.05) is 48.5 Å². The SMILES string of the molecule is CO[C@@]1([C@@H](Cl)c2ccccc2)C(=O)N(C)/C(=C\c2ccccc2)C(=O)N1C. The average Bonchev–Trinajstić information content (AvgIpc) is 2.72. The van der Waals surface area contributed by atoms with Crippen molar-refractivity contribution in [1.29, 1.82) is 0 Å². The van der Waals surface area contributed by atoms with Gasteiger partial charge in [-0.2, -0.15) is 0 Å². The van der Waals surface area contributed by atoms with E-state index in [9.17, 15) is 9.59 Å². The van der Waals surface area contributed by atoms with E-state index in [0.29, 0.717) is 5.56 Å². The number of methoxy groups -OCH3 is 1. The fourth-order valence-electron chi connectivity index (χ4n) is 3.28. The number of piperazine rings is 1. The van der Waals surface area contributed by atoms with E-state index >= 15 is 0 Å². The molecular weight excluding hydrogens is 364 g/mol. The van der Waals surface area contributed by atoms with Crippen molar-refractivity contribution >= 4 is 29.5 Å². The molecule has 0 spiro atoms. The van der Waals surface area contributed by atoms with Gasteiger partial charge in [0.1, 0.15) is 11.1 Å². The third-order valence-electron chi connectivity index (χ3n) is 4.84. The maximum atomic E-state index is 13.3. The number of hydrogen-bond donors (Lipinski definition) is 0. The van der Waals surface area contributed by atoms with Gasteiger partial charge in [0.25, 0.3) is 11.8 Å². The van der Waals surface area contributed by atoms with Crippen LogP contribution in [-0.4, -0.2) is 48.5 Å². The third-order valence-corrected chi connectivity index (χ3v) is 5.39. The molecule has 0 radical (unpaired) electrons. The van der Waals surface area contributed by atoms with Gasteiger partial charge < -0.3 is 14.5 Å². The van der Waals surface area contributed by atoms with Gasteiger partial charge in [-0.1, -0.05) is 60.7 Å². The Morgan fingerprint density at radius 1 is 1.00 bits per heavy atom. The summed E-state index contributed by atoms with van der Waals surface area (Å²) >= 11 is 6.68. The molecule has 0 aliphatic carbocycles. The minimum Gasteiger partial charge on any atom is -0.349 e. The minimum atomic E-state index is -1.64. The Labute approximate surface area is 163 Å². The Morgan fingerprint density at radius 2 is 1.56 bits per heavy atom. The molecule has 0 unspecified atom stereocenters. The molecule has 0 bridgehead atoms. The average molecular weight is 385 g/mol. The summed E-state index contributed by atoms with van der Waals surface area (Å²) < 4.78 is 5.61. The first-order valence-corrected chi connectivity index (χ1v) is 8.94. The Bertz CT molecular complexity index is 870. The summed E-state index contributed by atoms with van der Waals surface area (Å²) in [5, 5.41) is -0.870. The topological polar surface area (TPSA) is 49.9 Å². The first-order chi connectivity index (χ1) is 12.9. The number of amides is 2. The first kappa shape index (κ1) is 19.1. The number of carbonyl (C=O) groups is 2. The van der Waals surface area contributed by atoms with Gasteiger partial charge in [0.2, 0.25) is 5.72 Å². The monoisotopic (exact) mass is 384 g/mol. The molecule has 2 aromatic carbocycles. The molecule has 6 heteroatoms. The molecule has 1 heterocycles. The van der Waals surface area contributed by atoms with Crippen molar-refractivity contribution in [1.82, 2.24) is 9.80 Å². The fraction of sp³-hybridized carbons (Fsp3) is 0.238. The lowest BCUT2D eigenvalue weighted by atomic mass is 9.95. The van der Waals surface area contributed by atoms with E-state index in [1.165, 1.54) is 24.0 Å².